The molecule has 0 aliphatic heterocycles. The second-order valence-corrected chi connectivity index (χ2v) is 12.0. The van der Waals surface area contributed by atoms with Crippen molar-refractivity contribution in [3.63, 3.8) is 0 Å². The van der Waals surface area contributed by atoms with E-state index in [4.69, 9.17) is 8.83 Å². The van der Waals surface area contributed by atoms with E-state index in [1.165, 1.54) is 49.0 Å². The largest absolute Gasteiger partial charge is 0.463 e. The van der Waals surface area contributed by atoms with E-state index in [1.54, 1.807) is 0 Å². The normalized spacial score (nSPS) is 11.9. The Hall–Kier alpha value is -6.12. The molecule has 0 saturated heterocycles. The maximum atomic E-state index is 6.54. The predicted octanol–water partition coefficient (Wildman–Crippen LogP) is 12.8. The SMILES string of the molecule is c1ccc(-c2coc3c2ccc2oc4cccc(-c5c6ccccc6c(-c6cccc7ccccc67)c6ccccc56)c4c23)cc1. The maximum absolute atomic E-state index is 6.54. The molecule has 46 heavy (non-hydrogen) atoms. The molecule has 0 radical (unpaired) electrons. The molecular weight excluding hydrogens is 560 g/mol. The molecule has 0 unspecified atom stereocenters. The summed E-state index contributed by atoms with van der Waals surface area (Å²) in [6, 6.07) is 54.0. The minimum atomic E-state index is 0.824. The van der Waals surface area contributed by atoms with Gasteiger partial charge in [0.15, 0.2) is 0 Å². The first-order chi connectivity index (χ1) is 22.8. The molecule has 2 heteroatoms. The smallest absolute Gasteiger partial charge is 0.146 e. The van der Waals surface area contributed by atoms with Gasteiger partial charge >= 0.3 is 0 Å². The highest BCUT2D eigenvalue weighted by Crippen LogP contribution is 2.49. The average Bonchev–Trinajstić information content (AvgIpc) is 3.73. The minimum Gasteiger partial charge on any atom is -0.463 e. The van der Waals surface area contributed by atoms with E-state index in [0.717, 1.165) is 49.6 Å². The molecule has 10 aromatic rings. The summed E-state index contributed by atoms with van der Waals surface area (Å²) < 4.78 is 12.9. The Bertz CT molecular complexity index is 2740. The summed E-state index contributed by atoms with van der Waals surface area (Å²) in [5.74, 6) is 0. The summed E-state index contributed by atoms with van der Waals surface area (Å²) in [7, 11) is 0. The van der Waals surface area contributed by atoms with Crippen molar-refractivity contribution in [3.8, 4) is 33.4 Å². The Morgan fingerprint density at radius 3 is 1.65 bits per heavy atom. The zero-order chi connectivity index (χ0) is 30.2. The molecule has 0 aliphatic carbocycles. The lowest BCUT2D eigenvalue weighted by atomic mass is 9.84. The highest BCUT2D eigenvalue weighted by atomic mass is 16.3. The molecule has 2 aromatic heterocycles. The van der Waals surface area contributed by atoms with E-state index in [2.05, 4.69) is 146 Å². The highest BCUT2D eigenvalue weighted by molar-refractivity contribution is 6.29. The Morgan fingerprint density at radius 2 is 0.913 bits per heavy atom. The zero-order valence-corrected chi connectivity index (χ0v) is 24.8. The summed E-state index contributed by atoms with van der Waals surface area (Å²) in [5, 5.41) is 10.5. The van der Waals surface area contributed by atoms with Crippen molar-refractivity contribution < 1.29 is 8.83 Å². The van der Waals surface area contributed by atoms with Gasteiger partial charge in [0.2, 0.25) is 0 Å². The molecule has 2 heterocycles. The van der Waals surface area contributed by atoms with Crippen LogP contribution in [-0.4, -0.2) is 0 Å². The first-order valence-electron chi connectivity index (χ1n) is 15.7. The molecule has 8 aromatic carbocycles. The lowest BCUT2D eigenvalue weighted by Crippen LogP contribution is -1.92. The van der Waals surface area contributed by atoms with Crippen molar-refractivity contribution in [2.75, 3.05) is 0 Å². The van der Waals surface area contributed by atoms with Crippen LogP contribution in [0.25, 0.3) is 98.6 Å². The Labute approximate surface area is 264 Å². The molecule has 0 atom stereocenters. The fraction of sp³-hybridized carbons (Fsp3) is 0. The van der Waals surface area contributed by atoms with Crippen LogP contribution in [-0.2, 0) is 0 Å². The van der Waals surface area contributed by atoms with E-state index >= 15 is 0 Å². The van der Waals surface area contributed by atoms with Gasteiger partial charge in [-0.2, -0.15) is 0 Å². The van der Waals surface area contributed by atoms with Gasteiger partial charge in [-0.3, -0.25) is 0 Å². The fourth-order valence-corrected chi connectivity index (χ4v) is 7.60. The monoisotopic (exact) mass is 586 g/mol. The van der Waals surface area contributed by atoms with E-state index in [1.807, 2.05) is 12.3 Å². The van der Waals surface area contributed by atoms with Crippen LogP contribution in [0.5, 0.6) is 0 Å². The van der Waals surface area contributed by atoms with Crippen molar-refractivity contribution >= 4 is 65.2 Å². The topological polar surface area (TPSA) is 26.3 Å². The summed E-state index contributed by atoms with van der Waals surface area (Å²) >= 11 is 0. The van der Waals surface area contributed by atoms with Crippen LogP contribution >= 0.6 is 0 Å². The Morgan fingerprint density at radius 1 is 0.348 bits per heavy atom. The standard InChI is InChI=1S/C44H26O2/c1-2-12-28(13-3-1)37-26-45-44-35(37)24-25-39-43(44)42-36(22-11-23-38(42)46-39)41-33-19-8-6-17-31(33)40(32-18-7-9-20-34(32)41)30-21-10-15-27-14-4-5-16-29(27)30/h1-26H. The van der Waals surface area contributed by atoms with Crippen LogP contribution in [0, 0.1) is 0 Å². The van der Waals surface area contributed by atoms with Crippen molar-refractivity contribution in [3.05, 3.63) is 158 Å². The fourth-order valence-electron chi connectivity index (χ4n) is 7.60. The van der Waals surface area contributed by atoms with Gasteiger partial charge in [0, 0.05) is 16.3 Å². The van der Waals surface area contributed by atoms with Crippen LogP contribution in [0.15, 0.2) is 167 Å². The van der Waals surface area contributed by atoms with Gasteiger partial charge in [-0.15, -0.1) is 0 Å². The third-order valence-electron chi connectivity index (χ3n) is 9.54. The van der Waals surface area contributed by atoms with Gasteiger partial charge in [0.1, 0.15) is 16.7 Å². The number of hydrogen-bond donors (Lipinski definition) is 0. The molecule has 0 bridgehead atoms. The number of rotatable bonds is 3. The highest BCUT2D eigenvalue weighted by Gasteiger charge is 2.23. The molecule has 0 spiro atoms. The molecule has 214 valence electrons. The van der Waals surface area contributed by atoms with Crippen molar-refractivity contribution in [2.24, 2.45) is 0 Å². The predicted molar refractivity (Wildman–Crippen MR) is 192 cm³/mol. The number of benzene rings is 8. The van der Waals surface area contributed by atoms with Crippen LogP contribution in [0.2, 0.25) is 0 Å². The van der Waals surface area contributed by atoms with Crippen molar-refractivity contribution in [2.45, 2.75) is 0 Å². The first kappa shape index (κ1) is 25.2. The Balaban J connectivity index is 1.35. The molecule has 0 amide bonds. The lowest BCUT2D eigenvalue weighted by Gasteiger charge is -2.19. The molecule has 0 fully saturated rings. The summed E-state index contributed by atoms with van der Waals surface area (Å²) in [5.41, 5.74) is 9.59. The van der Waals surface area contributed by atoms with E-state index < -0.39 is 0 Å². The van der Waals surface area contributed by atoms with Crippen molar-refractivity contribution in [1.29, 1.82) is 0 Å². The van der Waals surface area contributed by atoms with Gasteiger partial charge in [-0.05, 0) is 78.3 Å². The van der Waals surface area contributed by atoms with Gasteiger partial charge in [-0.1, -0.05) is 133 Å². The molecule has 0 N–H and O–H groups in total. The van der Waals surface area contributed by atoms with Gasteiger partial charge in [0.25, 0.3) is 0 Å². The first-order valence-corrected chi connectivity index (χ1v) is 15.7. The van der Waals surface area contributed by atoms with Crippen molar-refractivity contribution in [1.82, 2.24) is 0 Å². The Kier molecular flexibility index (Phi) is 5.31. The molecule has 0 saturated carbocycles. The quantitative estimate of drug-likeness (QED) is 0.193. The van der Waals surface area contributed by atoms with Gasteiger partial charge in [0.05, 0.1) is 11.6 Å². The summed E-state index contributed by atoms with van der Waals surface area (Å²) in [4.78, 5) is 0. The molecule has 10 rings (SSSR count). The zero-order valence-electron chi connectivity index (χ0n) is 24.8. The lowest BCUT2D eigenvalue weighted by molar-refractivity contribution is 0.619. The van der Waals surface area contributed by atoms with Crippen LogP contribution in [0.1, 0.15) is 0 Å². The molecular formula is C44H26O2. The second kappa shape index (κ2) is 9.69. The van der Waals surface area contributed by atoms with Crippen LogP contribution in [0.4, 0.5) is 0 Å². The third-order valence-corrected chi connectivity index (χ3v) is 9.54. The average molecular weight is 587 g/mol. The van der Waals surface area contributed by atoms with Gasteiger partial charge in [-0.25, -0.2) is 0 Å². The summed E-state index contributed by atoms with van der Waals surface area (Å²) in [6.07, 6.45) is 1.88. The van der Waals surface area contributed by atoms with E-state index in [9.17, 15) is 0 Å². The van der Waals surface area contributed by atoms with Crippen LogP contribution < -0.4 is 0 Å². The number of furan rings is 2. The van der Waals surface area contributed by atoms with E-state index in [0.29, 0.717) is 0 Å². The summed E-state index contributed by atoms with van der Waals surface area (Å²) in [6.45, 7) is 0. The number of fused-ring (bicyclic) bond motifs is 8. The third kappa shape index (κ3) is 3.53. The van der Waals surface area contributed by atoms with Crippen LogP contribution in [0.3, 0.4) is 0 Å². The maximum Gasteiger partial charge on any atom is 0.146 e. The molecule has 0 aliphatic rings. The van der Waals surface area contributed by atoms with E-state index in [-0.39, 0.29) is 0 Å². The molecule has 2 nitrogen and oxygen atoms in total. The minimum absolute atomic E-state index is 0.824. The second-order valence-electron chi connectivity index (χ2n) is 12.0. The van der Waals surface area contributed by atoms with Gasteiger partial charge < -0.3 is 8.83 Å². The number of hydrogen-bond acceptors (Lipinski definition) is 2.